The van der Waals surface area contributed by atoms with E-state index in [2.05, 4.69) is 17.1 Å². The van der Waals surface area contributed by atoms with Crippen molar-refractivity contribution in [2.45, 2.75) is 39.4 Å². The molecular weight excluding hydrogens is 342 g/mol. The summed E-state index contributed by atoms with van der Waals surface area (Å²) in [6, 6.07) is 7.50. The van der Waals surface area contributed by atoms with Crippen LogP contribution in [0.15, 0.2) is 30.5 Å². The Balaban J connectivity index is 1.95. The molecule has 144 valence electrons. The van der Waals surface area contributed by atoms with E-state index in [0.29, 0.717) is 32.0 Å². The van der Waals surface area contributed by atoms with Crippen molar-refractivity contribution in [2.24, 2.45) is 0 Å². The van der Waals surface area contributed by atoms with E-state index in [4.69, 9.17) is 14.2 Å². The largest absolute Gasteiger partial charge is 0.504 e. The Hall–Kier alpha value is -2.37. The second-order valence-corrected chi connectivity index (χ2v) is 6.35. The lowest BCUT2D eigenvalue weighted by Gasteiger charge is -2.24. The van der Waals surface area contributed by atoms with Crippen LogP contribution in [0.5, 0.6) is 11.5 Å². The maximum Gasteiger partial charge on any atom is 0.160 e. The summed E-state index contributed by atoms with van der Waals surface area (Å²) in [7, 11) is 0. The first-order valence-electron chi connectivity index (χ1n) is 9.51. The third-order valence-corrected chi connectivity index (χ3v) is 4.52. The van der Waals surface area contributed by atoms with Gasteiger partial charge in [0, 0.05) is 31.1 Å². The van der Waals surface area contributed by atoms with Gasteiger partial charge in [0.25, 0.3) is 0 Å². The summed E-state index contributed by atoms with van der Waals surface area (Å²) in [6.07, 6.45) is 6.43. The lowest BCUT2D eigenvalue weighted by molar-refractivity contribution is -0.00708. The minimum atomic E-state index is -0.126. The van der Waals surface area contributed by atoms with Gasteiger partial charge >= 0.3 is 0 Å². The number of hydrogen-bond donors (Lipinski definition) is 1. The number of ether oxygens (including phenoxy) is 3. The van der Waals surface area contributed by atoms with E-state index in [1.54, 1.807) is 12.1 Å². The maximum absolute atomic E-state index is 10.1. The van der Waals surface area contributed by atoms with Crippen molar-refractivity contribution in [1.29, 1.82) is 0 Å². The first-order valence-corrected chi connectivity index (χ1v) is 9.51. The molecule has 0 saturated carbocycles. The molecule has 2 atom stereocenters. The van der Waals surface area contributed by atoms with Crippen LogP contribution in [-0.4, -0.2) is 42.1 Å². The first kappa shape index (κ1) is 19.4. The summed E-state index contributed by atoms with van der Waals surface area (Å²) in [5, 5.41) is 12.3. The third kappa shape index (κ3) is 4.49. The zero-order chi connectivity index (χ0) is 19.2. The smallest absolute Gasteiger partial charge is 0.160 e. The van der Waals surface area contributed by atoms with Gasteiger partial charge in [0.05, 0.1) is 12.3 Å². The molecule has 1 aromatic carbocycles. The number of hydrogen-bond acceptors (Lipinski definition) is 5. The van der Waals surface area contributed by atoms with E-state index >= 15 is 0 Å². The second kappa shape index (κ2) is 9.02. The van der Waals surface area contributed by atoms with Gasteiger partial charge in [-0.3, -0.25) is 4.98 Å². The van der Waals surface area contributed by atoms with Gasteiger partial charge in [-0.15, -0.1) is 0 Å². The highest BCUT2D eigenvalue weighted by Crippen LogP contribution is 2.27. The highest BCUT2D eigenvalue weighted by Gasteiger charge is 2.21. The lowest BCUT2D eigenvalue weighted by Crippen LogP contribution is -2.42. The van der Waals surface area contributed by atoms with Crippen LogP contribution in [0.25, 0.3) is 12.2 Å². The van der Waals surface area contributed by atoms with Crippen molar-refractivity contribution in [1.82, 2.24) is 4.98 Å². The molecule has 2 unspecified atom stereocenters. The molecule has 5 heteroatoms. The number of aromatic hydroxyl groups is 1. The van der Waals surface area contributed by atoms with Crippen molar-refractivity contribution in [3.8, 4) is 11.5 Å². The average molecular weight is 369 g/mol. The van der Waals surface area contributed by atoms with E-state index in [-0.39, 0.29) is 18.0 Å². The number of fused-ring (bicyclic) bond motifs is 1. The Bertz CT molecular complexity index is 894. The highest BCUT2D eigenvalue weighted by atomic mass is 16.5. The van der Waals surface area contributed by atoms with Crippen molar-refractivity contribution >= 4 is 12.2 Å². The molecule has 2 aromatic rings. The van der Waals surface area contributed by atoms with Crippen LogP contribution >= 0.6 is 0 Å². The van der Waals surface area contributed by atoms with E-state index in [1.165, 1.54) is 0 Å². The monoisotopic (exact) mass is 369 g/mol. The molecule has 1 aliphatic carbocycles. The van der Waals surface area contributed by atoms with E-state index in [9.17, 15) is 5.11 Å². The number of phenolic OH excluding ortho intramolecular Hbond substituents is 1. The van der Waals surface area contributed by atoms with E-state index in [1.807, 2.05) is 39.1 Å². The maximum atomic E-state index is 10.1. The molecule has 1 aromatic heterocycles. The Morgan fingerprint density at radius 3 is 2.37 bits per heavy atom. The van der Waals surface area contributed by atoms with Crippen molar-refractivity contribution in [3.05, 3.63) is 52.2 Å². The van der Waals surface area contributed by atoms with Crippen molar-refractivity contribution in [2.75, 3.05) is 19.8 Å². The number of phenols is 1. The molecule has 27 heavy (non-hydrogen) atoms. The summed E-state index contributed by atoms with van der Waals surface area (Å²) >= 11 is 0. The first-order chi connectivity index (χ1) is 13.2. The molecule has 0 fully saturated rings. The highest BCUT2D eigenvalue weighted by molar-refractivity contribution is 5.48. The molecule has 1 N–H and O–H groups in total. The number of pyridine rings is 1. The van der Waals surface area contributed by atoms with Gasteiger partial charge in [0.2, 0.25) is 0 Å². The Morgan fingerprint density at radius 2 is 1.70 bits per heavy atom. The number of nitrogens with zero attached hydrogens (tertiary/aromatic N) is 1. The van der Waals surface area contributed by atoms with Gasteiger partial charge in [-0.1, -0.05) is 6.07 Å². The van der Waals surface area contributed by atoms with Crippen LogP contribution in [-0.2, 0) is 15.9 Å². The summed E-state index contributed by atoms with van der Waals surface area (Å²) in [5.74, 6) is 0.651. The molecule has 0 spiro atoms. The number of rotatable bonds is 8. The van der Waals surface area contributed by atoms with Crippen LogP contribution in [0.4, 0.5) is 0 Å². The number of aromatic nitrogens is 1. The van der Waals surface area contributed by atoms with Gasteiger partial charge in [0.15, 0.2) is 11.5 Å². The summed E-state index contributed by atoms with van der Waals surface area (Å²) in [5.41, 5.74) is 1.93. The van der Waals surface area contributed by atoms with Gasteiger partial charge in [-0.2, -0.15) is 0 Å². The zero-order valence-electron chi connectivity index (χ0n) is 16.1. The minimum absolute atomic E-state index is 0.0905. The normalized spacial score (nSPS) is 18.3. The molecule has 0 radical (unpaired) electrons. The second-order valence-electron chi connectivity index (χ2n) is 6.35. The fraction of sp³-hybridized carbons (Fsp3) is 0.409. The van der Waals surface area contributed by atoms with Gasteiger partial charge in [-0.05, 0) is 61.9 Å². The lowest BCUT2D eigenvalue weighted by atomic mass is 9.99. The Labute approximate surface area is 159 Å². The fourth-order valence-electron chi connectivity index (χ4n) is 3.36. The molecule has 0 saturated heterocycles. The van der Waals surface area contributed by atoms with Crippen molar-refractivity contribution < 1.29 is 19.3 Å². The molecule has 0 amide bonds. The summed E-state index contributed by atoms with van der Waals surface area (Å²) < 4.78 is 17.1. The Morgan fingerprint density at radius 1 is 0.963 bits per heavy atom. The predicted octanol–water partition coefficient (Wildman–Crippen LogP) is 2.16. The predicted molar refractivity (Wildman–Crippen MR) is 105 cm³/mol. The van der Waals surface area contributed by atoms with Crippen LogP contribution in [0, 0.1) is 0 Å². The van der Waals surface area contributed by atoms with Crippen LogP contribution < -0.4 is 15.2 Å². The van der Waals surface area contributed by atoms with Crippen molar-refractivity contribution in [3.63, 3.8) is 0 Å². The zero-order valence-corrected chi connectivity index (χ0v) is 16.1. The summed E-state index contributed by atoms with van der Waals surface area (Å²) in [4.78, 5) is 4.58. The van der Waals surface area contributed by atoms with Gasteiger partial charge in [0.1, 0.15) is 12.2 Å². The topological polar surface area (TPSA) is 60.8 Å². The fourth-order valence-corrected chi connectivity index (χ4v) is 3.36. The van der Waals surface area contributed by atoms with E-state index < -0.39 is 0 Å². The average Bonchev–Trinajstić information content (AvgIpc) is 2.65. The van der Waals surface area contributed by atoms with E-state index in [0.717, 1.165) is 21.7 Å². The van der Waals surface area contributed by atoms with Gasteiger partial charge in [-0.25, -0.2) is 0 Å². The SMILES string of the molecule is CCOc1ccc(Cc2nccc3c2=CC(OCC)C(OCC)C=3)cc1O. The quantitative estimate of drug-likeness (QED) is 0.773. The summed E-state index contributed by atoms with van der Waals surface area (Å²) in [6.45, 7) is 7.64. The molecule has 5 nitrogen and oxygen atoms in total. The number of benzene rings is 1. The molecule has 3 rings (SSSR count). The molecule has 0 aliphatic heterocycles. The third-order valence-electron chi connectivity index (χ3n) is 4.52. The Kier molecular flexibility index (Phi) is 6.48. The van der Waals surface area contributed by atoms with Crippen LogP contribution in [0.1, 0.15) is 32.0 Å². The molecular formula is C22H27NO4. The minimum Gasteiger partial charge on any atom is -0.504 e. The molecule has 1 aliphatic rings. The standard InChI is InChI=1S/C22H27NO4/c1-4-25-20-8-7-15(12-19(20)24)11-18-17-14-22(27-6-3)21(26-5-2)13-16(17)9-10-23-18/h7-10,12-14,21-22,24H,4-6,11H2,1-3H3. The van der Waals surface area contributed by atoms with Gasteiger partial charge < -0.3 is 19.3 Å². The molecule has 1 heterocycles. The molecule has 0 bridgehead atoms. The van der Waals surface area contributed by atoms with Crippen LogP contribution in [0.3, 0.4) is 0 Å². The van der Waals surface area contributed by atoms with Crippen LogP contribution in [0.2, 0.25) is 0 Å².